The molecule has 0 saturated carbocycles. The SMILES string of the molecule is O=C(NCc1ccco1)[C@@H]1CN(S(=O)(=O)c2ccccc2)CCN1S(=O)(=O)c1ccccc1. The van der Waals surface area contributed by atoms with E-state index in [1.54, 1.807) is 48.5 Å². The average molecular weight is 490 g/mol. The molecule has 1 atom stereocenters. The number of piperazine rings is 1. The highest BCUT2D eigenvalue weighted by molar-refractivity contribution is 7.89. The normalized spacial score (nSPS) is 18.1. The van der Waals surface area contributed by atoms with Crippen molar-refractivity contribution in [2.45, 2.75) is 22.4 Å². The Morgan fingerprint density at radius 3 is 2.03 bits per heavy atom. The third-order valence-corrected chi connectivity index (χ3v) is 9.15. The van der Waals surface area contributed by atoms with Crippen LogP contribution < -0.4 is 5.32 Å². The van der Waals surface area contributed by atoms with Crippen molar-refractivity contribution in [3.63, 3.8) is 0 Å². The molecule has 174 valence electrons. The van der Waals surface area contributed by atoms with Crippen LogP contribution in [0.3, 0.4) is 0 Å². The summed E-state index contributed by atoms with van der Waals surface area (Å²) in [4.78, 5) is 13.2. The summed E-state index contributed by atoms with van der Waals surface area (Å²) in [6.45, 7) is -0.506. The molecule has 0 bridgehead atoms. The smallest absolute Gasteiger partial charge is 0.243 e. The number of nitrogens with zero attached hydrogens (tertiary/aromatic N) is 2. The average Bonchev–Trinajstić information content (AvgIpc) is 3.37. The third-order valence-electron chi connectivity index (χ3n) is 5.34. The molecule has 1 fully saturated rings. The van der Waals surface area contributed by atoms with Crippen molar-refractivity contribution >= 4 is 26.0 Å². The van der Waals surface area contributed by atoms with Crippen molar-refractivity contribution in [1.82, 2.24) is 13.9 Å². The van der Waals surface area contributed by atoms with Gasteiger partial charge in [0.15, 0.2) is 0 Å². The molecule has 0 unspecified atom stereocenters. The Morgan fingerprint density at radius 2 is 1.45 bits per heavy atom. The quantitative estimate of drug-likeness (QED) is 0.540. The molecule has 1 aromatic heterocycles. The monoisotopic (exact) mass is 489 g/mol. The molecule has 1 aliphatic heterocycles. The van der Waals surface area contributed by atoms with Gasteiger partial charge in [0.05, 0.1) is 22.6 Å². The lowest BCUT2D eigenvalue weighted by Crippen LogP contribution is -2.61. The van der Waals surface area contributed by atoms with Crippen molar-refractivity contribution in [3.05, 3.63) is 84.8 Å². The standard InChI is InChI=1S/C22H23N3O6S2/c26-22(23-16-18-8-7-15-31-18)21-17-24(32(27,28)19-9-3-1-4-10-19)13-14-25(21)33(29,30)20-11-5-2-6-12-20/h1-12,15,21H,13-14,16-17H2,(H,23,26)/t21-/m0/s1. The second-order valence-corrected chi connectivity index (χ2v) is 11.2. The number of rotatable bonds is 7. The number of carbonyl (C=O) groups is 1. The van der Waals surface area contributed by atoms with Gasteiger partial charge in [-0.1, -0.05) is 36.4 Å². The highest BCUT2D eigenvalue weighted by atomic mass is 32.2. The van der Waals surface area contributed by atoms with Crippen molar-refractivity contribution in [2.75, 3.05) is 19.6 Å². The lowest BCUT2D eigenvalue weighted by molar-refractivity contribution is -0.126. The van der Waals surface area contributed by atoms with Gasteiger partial charge in [0, 0.05) is 19.6 Å². The maximum absolute atomic E-state index is 13.3. The van der Waals surface area contributed by atoms with Gasteiger partial charge in [-0.05, 0) is 36.4 Å². The topological polar surface area (TPSA) is 117 Å². The fourth-order valence-corrected chi connectivity index (χ4v) is 6.69. The van der Waals surface area contributed by atoms with E-state index in [0.717, 1.165) is 8.61 Å². The number of furan rings is 1. The van der Waals surface area contributed by atoms with E-state index >= 15 is 0 Å². The van der Waals surface area contributed by atoms with E-state index < -0.39 is 32.0 Å². The second-order valence-electron chi connectivity index (χ2n) is 7.42. The maximum Gasteiger partial charge on any atom is 0.243 e. The van der Waals surface area contributed by atoms with Gasteiger partial charge in [-0.15, -0.1) is 0 Å². The van der Waals surface area contributed by atoms with E-state index in [9.17, 15) is 21.6 Å². The van der Waals surface area contributed by atoms with Crippen LogP contribution in [0, 0.1) is 0 Å². The predicted octanol–water partition coefficient (Wildman–Crippen LogP) is 1.66. The van der Waals surface area contributed by atoms with Gasteiger partial charge in [-0.2, -0.15) is 8.61 Å². The minimum atomic E-state index is -4.03. The molecule has 0 spiro atoms. The summed E-state index contributed by atoms with van der Waals surface area (Å²) >= 11 is 0. The molecule has 1 N–H and O–H groups in total. The summed E-state index contributed by atoms with van der Waals surface area (Å²) in [5.41, 5.74) is 0. The number of amides is 1. The number of nitrogens with one attached hydrogen (secondary N) is 1. The van der Waals surface area contributed by atoms with Gasteiger partial charge in [0.25, 0.3) is 0 Å². The maximum atomic E-state index is 13.3. The largest absolute Gasteiger partial charge is 0.467 e. The van der Waals surface area contributed by atoms with E-state index in [-0.39, 0.29) is 36.0 Å². The van der Waals surface area contributed by atoms with Gasteiger partial charge >= 0.3 is 0 Å². The minimum Gasteiger partial charge on any atom is -0.467 e. The molecule has 4 rings (SSSR count). The van der Waals surface area contributed by atoms with Crippen LogP contribution in [0.5, 0.6) is 0 Å². The molecule has 2 aromatic carbocycles. The zero-order valence-electron chi connectivity index (χ0n) is 17.6. The van der Waals surface area contributed by atoms with Crippen LogP contribution in [-0.4, -0.2) is 57.0 Å². The van der Waals surface area contributed by atoms with Crippen LogP contribution in [0.25, 0.3) is 0 Å². The number of sulfonamides is 2. The first kappa shape index (κ1) is 23.2. The Morgan fingerprint density at radius 1 is 0.848 bits per heavy atom. The number of hydrogen-bond acceptors (Lipinski definition) is 6. The van der Waals surface area contributed by atoms with Gasteiger partial charge in [0.2, 0.25) is 26.0 Å². The van der Waals surface area contributed by atoms with E-state index in [4.69, 9.17) is 4.42 Å². The molecule has 3 aromatic rings. The van der Waals surface area contributed by atoms with E-state index in [1.807, 2.05) is 0 Å². The molecule has 0 aliphatic carbocycles. The summed E-state index contributed by atoms with van der Waals surface area (Å²) in [6, 6.07) is 17.7. The zero-order chi connectivity index (χ0) is 23.5. The van der Waals surface area contributed by atoms with E-state index in [2.05, 4.69) is 5.32 Å². The molecule has 1 amide bonds. The first-order valence-electron chi connectivity index (χ1n) is 10.2. The van der Waals surface area contributed by atoms with Crippen LogP contribution in [0.15, 0.2) is 93.3 Å². The lowest BCUT2D eigenvalue weighted by atomic mass is 10.2. The predicted molar refractivity (Wildman–Crippen MR) is 120 cm³/mol. The van der Waals surface area contributed by atoms with Crippen molar-refractivity contribution in [1.29, 1.82) is 0 Å². The van der Waals surface area contributed by atoms with Gasteiger partial charge in [-0.3, -0.25) is 4.79 Å². The molecule has 9 nitrogen and oxygen atoms in total. The van der Waals surface area contributed by atoms with Crippen LogP contribution >= 0.6 is 0 Å². The molecule has 1 saturated heterocycles. The highest BCUT2D eigenvalue weighted by Crippen LogP contribution is 2.25. The Balaban J connectivity index is 1.64. The number of carbonyl (C=O) groups excluding carboxylic acids is 1. The summed E-state index contributed by atoms with van der Waals surface area (Å²) < 4.78 is 60.3. The summed E-state index contributed by atoms with van der Waals surface area (Å²) in [5.74, 6) is -0.121. The van der Waals surface area contributed by atoms with Crippen molar-refractivity contribution in [2.24, 2.45) is 0 Å². The summed E-state index contributed by atoms with van der Waals surface area (Å²) in [5, 5.41) is 2.66. The van der Waals surface area contributed by atoms with Crippen molar-refractivity contribution in [3.8, 4) is 0 Å². The Labute approximate surface area is 192 Å². The first-order chi connectivity index (χ1) is 15.8. The third kappa shape index (κ3) is 4.86. The first-order valence-corrected chi connectivity index (χ1v) is 13.1. The van der Waals surface area contributed by atoms with Gasteiger partial charge in [-0.25, -0.2) is 16.8 Å². The summed E-state index contributed by atoms with van der Waals surface area (Å²) in [7, 11) is -7.94. The Hall–Kier alpha value is -2.99. The molecular formula is C22H23N3O6S2. The zero-order valence-corrected chi connectivity index (χ0v) is 19.2. The van der Waals surface area contributed by atoms with Crippen LogP contribution in [-0.2, 0) is 31.4 Å². The Bertz CT molecular complexity index is 1290. The second kappa shape index (κ2) is 9.48. The Kier molecular flexibility index (Phi) is 6.66. The molecular weight excluding hydrogens is 466 g/mol. The molecule has 33 heavy (non-hydrogen) atoms. The molecule has 11 heteroatoms. The molecule has 0 radical (unpaired) electrons. The summed E-state index contributed by atoms with van der Waals surface area (Å²) in [6.07, 6.45) is 1.46. The fourth-order valence-electron chi connectivity index (χ4n) is 3.64. The van der Waals surface area contributed by atoms with Crippen LogP contribution in [0.2, 0.25) is 0 Å². The van der Waals surface area contributed by atoms with Gasteiger partial charge < -0.3 is 9.73 Å². The molecule has 2 heterocycles. The van der Waals surface area contributed by atoms with Crippen LogP contribution in [0.1, 0.15) is 5.76 Å². The fraction of sp³-hybridized carbons (Fsp3) is 0.227. The van der Waals surface area contributed by atoms with Crippen molar-refractivity contribution < 1.29 is 26.0 Å². The lowest BCUT2D eigenvalue weighted by Gasteiger charge is -2.38. The molecule has 1 aliphatic rings. The highest BCUT2D eigenvalue weighted by Gasteiger charge is 2.43. The minimum absolute atomic E-state index is 0.0354. The van der Waals surface area contributed by atoms with E-state index in [1.165, 1.54) is 30.5 Å². The van der Waals surface area contributed by atoms with E-state index in [0.29, 0.717) is 5.76 Å². The van der Waals surface area contributed by atoms with Gasteiger partial charge in [0.1, 0.15) is 11.8 Å². The number of hydrogen-bond donors (Lipinski definition) is 1. The number of benzene rings is 2. The van der Waals surface area contributed by atoms with Crippen LogP contribution in [0.4, 0.5) is 0 Å².